The van der Waals surface area contributed by atoms with E-state index in [2.05, 4.69) is 0 Å². The van der Waals surface area contributed by atoms with Crippen LogP contribution in [0.15, 0.2) is 59.4 Å². The van der Waals surface area contributed by atoms with Crippen LogP contribution in [-0.2, 0) is 14.4 Å². The van der Waals surface area contributed by atoms with Gasteiger partial charge in [0.25, 0.3) is 5.91 Å². The number of carbonyl (C=O) groups excluding carboxylic acids is 3. The minimum Gasteiger partial charge on any atom is -0.508 e. The van der Waals surface area contributed by atoms with Gasteiger partial charge in [-0.3, -0.25) is 19.3 Å². The number of rotatable bonds is 3. The molecule has 2 aromatic carbocycles. The highest BCUT2D eigenvalue weighted by molar-refractivity contribution is 6.24. The third kappa shape index (κ3) is 3.14. The fraction of sp³-hybridized carbons (Fsp3) is 0.321. The van der Waals surface area contributed by atoms with E-state index < -0.39 is 75.6 Å². The topological polar surface area (TPSA) is 182 Å². The lowest BCUT2D eigenvalue weighted by molar-refractivity contribution is -0.169. The van der Waals surface area contributed by atoms with Crippen LogP contribution in [0.1, 0.15) is 24.0 Å². The molecule has 7 N–H and O–H groups in total. The predicted molar refractivity (Wildman–Crippen MR) is 136 cm³/mol. The molecule has 6 atom stereocenters. The van der Waals surface area contributed by atoms with E-state index in [0.29, 0.717) is 16.7 Å². The maximum absolute atomic E-state index is 14.0. The highest BCUT2D eigenvalue weighted by Gasteiger charge is 2.68. The molecule has 1 saturated carbocycles. The number of fused-ring (bicyclic) bond motifs is 3. The lowest BCUT2D eigenvalue weighted by Crippen LogP contribution is -2.70. The summed E-state index contributed by atoms with van der Waals surface area (Å²) in [5.41, 5.74) is 2.49. The van der Waals surface area contributed by atoms with Crippen LogP contribution in [0, 0.1) is 11.8 Å². The predicted octanol–water partition coefficient (Wildman–Crippen LogP) is 1.16. The molecule has 5 rings (SSSR count). The molecule has 2 aromatic rings. The Morgan fingerprint density at radius 2 is 1.66 bits per heavy atom. The normalized spacial score (nSPS) is 30.7. The number of phenols is 1. The molecule has 1 amide bonds. The second kappa shape index (κ2) is 8.52. The van der Waals surface area contributed by atoms with Crippen molar-refractivity contribution in [1.29, 1.82) is 0 Å². The van der Waals surface area contributed by atoms with Crippen molar-refractivity contribution in [3.05, 3.63) is 70.5 Å². The molecule has 0 aliphatic heterocycles. The number of carbonyl (C=O) groups is 3. The van der Waals surface area contributed by atoms with E-state index in [4.69, 9.17) is 5.73 Å². The average molecular weight is 521 g/mol. The van der Waals surface area contributed by atoms with Gasteiger partial charge in [-0.15, -0.1) is 0 Å². The molecular formula is C28H28N2O8. The molecule has 3 aliphatic carbocycles. The van der Waals surface area contributed by atoms with Crippen LogP contribution in [0.3, 0.4) is 0 Å². The van der Waals surface area contributed by atoms with Crippen LogP contribution in [0.2, 0.25) is 0 Å². The fourth-order valence-corrected chi connectivity index (χ4v) is 6.47. The maximum atomic E-state index is 14.0. The first kappa shape index (κ1) is 25.7. The molecular weight excluding hydrogens is 492 g/mol. The van der Waals surface area contributed by atoms with Crippen LogP contribution >= 0.6 is 0 Å². The summed E-state index contributed by atoms with van der Waals surface area (Å²) in [4.78, 5) is 40.7. The van der Waals surface area contributed by atoms with Crippen molar-refractivity contribution in [3.8, 4) is 16.9 Å². The summed E-state index contributed by atoms with van der Waals surface area (Å²) in [6.45, 7) is 1.69. The van der Waals surface area contributed by atoms with Crippen molar-refractivity contribution in [2.24, 2.45) is 17.6 Å². The van der Waals surface area contributed by atoms with Gasteiger partial charge in [-0.25, -0.2) is 0 Å². The number of likely N-dealkylation sites (N-methyl/N-ethyl adjacent to an activating group) is 1. The zero-order chi connectivity index (χ0) is 27.8. The maximum Gasteiger partial charge on any atom is 0.255 e. The molecule has 198 valence electrons. The van der Waals surface area contributed by atoms with Gasteiger partial charge in [0.1, 0.15) is 22.8 Å². The largest absolute Gasteiger partial charge is 0.508 e. The number of phenolic OH excluding ortho intramolecular Hbond substituents is 1. The van der Waals surface area contributed by atoms with Gasteiger partial charge in [-0.1, -0.05) is 49.4 Å². The lowest BCUT2D eigenvalue weighted by Gasteiger charge is -2.53. The third-order valence-electron chi connectivity index (χ3n) is 8.21. The van der Waals surface area contributed by atoms with E-state index in [0.717, 1.165) is 0 Å². The molecule has 3 aliphatic rings. The number of aromatic hydroxyl groups is 1. The number of amides is 1. The average Bonchev–Trinajstić information content (AvgIpc) is 2.86. The summed E-state index contributed by atoms with van der Waals surface area (Å²) in [7, 11) is 2.93. The standard InChI is InChI=1S/C28H28N2O8/c1-11-13-9-10-14(12-7-5-4-6-8-12)21(31)16(13)22(32)17-15(11)23(33)19-20(30(2)3)24(34)18(27(29)37)26(36)28(19,38)25(17)35/h4-11,15,19-20,23,31-33,36,38H,1-3H3,(H2,29,37)/t11-,15-,19-,20+,23+,28+/m1/s1. The molecule has 0 bridgehead atoms. The van der Waals surface area contributed by atoms with Gasteiger partial charge in [-0.05, 0) is 31.1 Å². The van der Waals surface area contributed by atoms with Crippen molar-refractivity contribution in [2.45, 2.75) is 30.6 Å². The zero-order valence-electron chi connectivity index (χ0n) is 20.9. The number of nitrogens with zero attached hydrogens (tertiary/aromatic N) is 1. The van der Waals surface area contributed by atoms with E-state index in [-0.39, 0.29) is 11.3 Å². The van der Waals surface area contributed by atoms with Crippen molar-refractivity contribution >= 4 is 23.2 Å². The minimum absolute atomic E-state index is 0.0395. The number of Topliss-reactive ketones (excluding diaryl/α,β-unsaturated/α-hetero) is 2. The molecule has 0 radical (unpaired) electrons. The van der Waals surface area contributed by atoms with Gasteiger partial charge in [0, 0.05) is 17.1 Å². The molecule has 1 fully saturated rings. The number of nitrogens with two attached hydrogens (primary N) is 1. The smallest absolute Gasteiger partial charge is 0.255 e. The first-order valence-electron chi connectivity index (χ1n) is 12.1. The summed E-state index contributed by atoms with van der Waals surface area (Å²) < 4.78 is 0. The number of hydrogen-bond donors (Lipinski definition) is 6. The molecule has 10 heteroatoms. The van der Waals surface area contributed by atoms with Gasteiger partial charge in [0.2, 0.25) is 5.78 Å². The Morgan fingerprint density at radius 3 is 2.24 bits per heavy atom. The molecule has 38 heavy (non-hydrogen) atoms. The number of benzene rings is 2. The molecule has 0 unspecified atom stereocenters. The van der Waals surface area contributed by atoms with Crippen LogP contribution in [0.5, 0.6) is 5.75 Å². The Bertz CT molecular complexity index is 1460. The van der Waals surface area contributed by atoms with E-state index in [1.165, 1.54) is 19.0 Å². The Morgan fingerprint density at radius 1 is 1.03 bits per heavy atom. The van der Waals surface area contributed by atoms with Crippen LogP contribution in [0.25, 0.3) is 16.9 Å². The first-order valence-corrected chi connectivity index (χ1v) is 12.1. The van der Waals surface area contributed by atoms with Crippen molar-refractivity contribution in [2.75, 3.05) is 14.1 Å². The molecule has 10 nitrogen and oxygen atoms in total. The van der Waals surface area contributed by atoms with E-state index in [9.17, 15) is 39.9 Å². The summed E-state index contributed by atoms with van der Waals surface area (Å²) >= 11 is 0. The second-order valence-electron chi connectivity index (χ2n) is 10.3. The third-order valence-corrected chi connectivity index (χ3v) is 8.21. The van der Waals surface area contributed by atoms with Crippen molar-refractivity contribution < 1.29 is 39.9 Å². The van der Waals surface area contributed by atoms with Crippen molar-refractivity contribution in [1.82, 2.24) is 4.90 Å². The van der Waals surface area contributed by atoms with Crippen LogP contribution in [0.4, 0.5) is 0 Å². The van der Waals surface area contributed by atoms with E-state index in [1.54, 1.807) is 49.4 Å². The van der Waals surface area contributed by atoms with Crippen molar-refractivity contribution in [3.63, 3.8) is 0 Å². The number of aliphatic hydroxyl groups is 4. The highest BCUT2D eigenvalue weighted by Crippen LogP contribution is 2.56. The Labute approximate surface area is 217 Å². The van der Waals surface area contributed by atoms with Gasteiger partial charge in [0.05, 0.1) is 23.6 Å². The second-order valence-corrected chi connectivity index (χ2v) is 10.3. The number of hydrogen-bond acceptors (Lipinski definition) is 9. The monoisotopic (exact) mass is 520 g/mol. The Balaban J connectivity index is 1.79. The van der Waals surface area contributed by atoms with Gasteiger partial charge in [0.15, 0.2) is 11.4 Å². The van der Waals surface area contributed by atoms with Gasteiger partial charge < -0.3 is 31.3 Å². The lowest BCUT2D eigenvalue weighted by atomic mass is 9.54. The summed E-state index contributed by atoms with van der Waals surface area (Å²) in [6.07, 6.45) is -1.62. The first-order chi connectivity index (χ1) is 17.8. The summed E-state index contributed by atoms with van der Waals surface area (Å²) in [6, 6.07) is 10.9. The molecule has 0 heterocycles. The van der Waals surface area contributed by atoms with Crippen LogP contribution in [-0.4, -0.2) is 79.7 Å². The minimum atomic E-state index is -2.93. The molecule has 0 aromatic heterocycles. The molecule has 0 saturated heterocycles. The van der Waals surface area contributed by atoms with E-state index in [1.807, 2.05) is 0 Å². The number of primary amides is 1. The summed E-state index contributed by atoms with van der Waals surface area (Å²) in [5.74, 6) is -9.03. The van der Waals surface area contributed by atoms with Gasteiger partial charge in [-0.2, -0.15) is 0 Å². The highest BCUT2D eigenvalue weighted by atomic mass is 16.4. The quantitative estimate of drug-likeness (QED) is 0.324. The Hall–Kier alpha value is -3.99. The van der Waals surface area contributed by atoms with Crippen LogP contribution < -0.4 is 5.73 Å². The fourth-order valence-electron chi connectivity index (χ4n) is 6.47. The van der Waals surface area contributed by atoms with Gasteiger partial charge >= 0.3 is 0 Å². The molecule has 0 spiro atoms. The van der Waals surface area contributed by atoms with E-state index >= 15 is 0 Å². The number of ketones is 2. The summed E-state index contributed by atoms with van der Waals surface area (Å²) in [5, 5.41) is 57.0. The zero-order valence-corrected chi connectivity index (χ0v) is 20.9. The SMILES string of the molecule is C[C@@H]1c2ccc(-c3ccccc3)c(O)c2C(O)=C2C(=O)[C@]3(O)C(O)=C(C(N)=O)C(=O)[C@@H](N(C)C)[C@@H]3[C@@H](O)[C@@H]21. The number of aliphatic hydroxyl groups excluding tert-OH is 3. The Kier molecular flexibility index (Phi) is 5.75.